The topological polar surface area (TPSA) is 39.1 Å². The third kappa shape index (κ3) is 3.34. The summed E-state index contributed by atoms with van der Waals surface area (Å²) >= 11 is 1.59. The quantitative estimate of drug-likeness (QED) is 0.662. The minimum Gasteiger partial charge on any atom is -0.340 e. The molecule has 1 aromatic carbocycles. The fourth-order valence-corrected chi connectivity index (χ4v) is 3.46. The van der Waals surface area contributed by atoms with Crippen LogP contribution in [-0.2, 0) is 13.0 Å². The number of thiophene rings is 1. The summed E-state index contributed by atoms with van der Waals surface area (Å²) in [6.45, 7) is 5.60. The van der Waals surface area contributed by atoms with E-state index in [1.807, 2.05) is 17.5 Å². The van der Waals surface area contributed by atoms with E-state index in [4.69, 9.17) is 5.41 Å². The van der Waals surface area contributed by atoms with Gasteiger partial charge in [-0.15, -0.1) is 11.3 Å². The molecule has 3 rings (SSSR count). The number of fused-ring (bicyclic) bond motifs is 1. The van der Waals surface area contributed by atoms with E-state index in [1.165, 1.54) is 30.6 Å². The van der Waals surface area contributed by atoms with Gasteiger partial charge in [-0.2, -0.15) is 0 Å². The lowest BCUT2D eigenvalue weighted by molar-refractivity contribution is 0.255. The van der Waals surface area contributed by atoms with E-state index in [0.717, 1.165) is 23.5 Å². The molecular formula is C17H21N3S. The summed E-state index contributed by atoms with van der Waals surface area (Å²) in [5.41, 5.74) is 3.87. The predicted molar refractivity (Wildman–Crippen MR) is 90.5 cm³/mol. The molecule has 0 atom stereocenters. The summed E-state index contributed by atoms with van der Waals surface area (Å²) in [6, 6.07) is 10.5. The van der Waals surface area contributed by atoms with Crippen molar-refractivity contribution in [2.24, 2.45) is 0 Å². The third-order valence-electron chi connectivity index (χ3n) is 3.87. The van der Waals surface area contributed by atoms with Gasteiger partial charge >= 0.3 is 0 Å². The first-order chi connectivity index (χ1) is 10.3. The second-order valence-electron chi connectivity index (χ2n) is 5.49. The van der Waals surface area contributed by atoms with E-state index < -0.39 is 0 Å². The van der Waals surface area contributed by atoms with E-state index in [2.05, 4.69) is 35.3 Å². The second-order valence-corrected chi connectivity index (χ2v) is 6.43. The van der Waals surface area contributed by atoms with Gasteiger partial charge in [0.05, 0.1) is 4.88 Å². The highest BCUT2D eigenvalue weighted by atomic mass is 32.1. The summed E-state index contributed by atoms with van der Waals surface area (Å²) < 4.78 is 0. The maximum atomic E-state index is 8.12. The summed E-state index contributed by atoms with van der Waals surface area (Å²) in [4.78, 5) is 3.48. The molecule has 0 fully saturated rings. The van der Waals surface area contributed by atoms with Crippen molar-refractivity contribution in [2.75, 3.05) is 18.4 Å². The predicted octanol–water partition coefficient (Wildman–Crippen LogP) is 3.95. The van der Waals surface area contributed by atoms with Crippen molar-refractivity contribution in [1.82, 2.24) is 4.90 Å². The Balaban J connectivity index is 1.73. The highest BCUT2D eigenvalue weighted by Crippen LogP contribution is 2.23. The van der Waals surface area contributed by atoms with Gasteiger partial charge in [-0.05, 0) is 54.1 Å². The molecule has 0 saturated carbocycles. The number of benzene rings is 1. The summed E-state index contributed by atoms with van der Waals surface area (Å²) in [5.74, 6) is 0.478. The average Bonchev–Trinajstić information content (AvgIpc) is 3.01. The van der Waals surface area contributed by atoms with Crippen LogP contribution in [0.4, 0.5) is 5.69 Å². The van der Waals surface area contributed by atoms with Crippen molar-refractivity contribution in [3.63, 3.8) is 0 Å². The molecule has 2 N–H and O–H groups in total. The molecule has 110 valence electrons. The average molecular weight is 299 g/mol. The molecule has 3 nitrogen and oxygen atoms in total. The molecule has 0 amide bonds. The van der Waals surface area contributed by atoms with Crippen LogP contribution in [0.2, 0.25) is 0 Å². The maximum absolute atomic E-state index is 8.12. The SMILES string of the molecule is CCCN1CCc2ccc(NC(=N)c3cccs3)cc2C1. The minimum absolute atomic E-state index is 0.478. The second kappa shape index (κ2) is 6.41. The van der Waals surface area contributed by atoms with Gasteiger partial charge in [0.25, 0.3) is 0 Å². The Morgan fingerprint density at radius 1 is 1.33 bits per heavy atom. The Morgan fingerprint density at radius 2 is 2.24 bits per heavy atom. The van der Waals surface area contributed by atoms with Crippen LogP contribution < -0.4 is 5.32 Å². The molecular weight excluding hydrogens is 278 g/mol. The Kier molecular flexibility index (Phi) is 4.36. The van der Waals surface area contributed by atoms with Crippen molar-refractivity contribution < 1.29 is 0 Å². The van der Waals surface area contributed by atoms with Crippen LogP contribution in [0.1, 0.15) is 29.3 Å². The molecule has 0 spiro atoms. The fourth-order valence-electron chi connectivity index (χ4n) is 2.83. The number of anilines is 1. The molecule has 2 heterocycles. The van der Waals surface area contributed by atoms with Crippen molar-refractivity contribution >= 4 is 22.9 Å². The molecule has 0 bridgehead atoms. The van der Waals surface area contributed by atoms with E-state index in [-0.39, 0.29) is 0 Å². The lowest BCUT2D eigenvalue weighted by atomic mass is 9.99. The molecule has 1 aromatic heterocycles. The Hall–Kier alpha value is -1.65. The van der Waals surface area contributed by atoms with Crippen LogP contribution in [0.3, 0.4) is 0 Å². The van der Waals surface area contributed by atoms with Gasteiger partial charge in [0, 0.05) is 18.8 Å². The highest BCUT2D eigenvalue weighted by molar-refractivity contribution is 7.12. The van der Waals surface area contributed by atoms with Crippen molar-refractivity contribution in [3.8, 4) is 0 Å². The zero-order valence-corrected chi connectivity index (χ0v) is 13.2. The molecule has 1 aliphatic heterocycles. The molecule has 0 unspecified atom stereocenters. The van der Waals surface area contributed by atoms with Crippen LogP contribution >= 0.6 is 11.3 Å². The molecule has 21 heavy (non-hydrogen) atoms. The first-order valence-corrected chi connectivity index (χ1v) is 8.38. The van der Waals surface area contributed by atoms with Gasteiger partial charge in [-0.1, -0.05) is 19.1 Å². The highest BCUT2D eigenvalue weighted by Gasteiger charge is 2.16. The zero-order chi connectivity index (χ0) is 14.7. The summed E-state index contributed by atoms with van der Waals surface area (Å²) in [5, 5.41) is 13.3. The largest absolute Gasteiger partial charge is 0.340 e. The van der Waals surface area contributed by atoms with Crippen molar-refractivity contribution in [2.45, 2.75) is 26.3 Å². The molecule has 1 aliphatic rings. The van der Waals surface area contributed by atoms with Gasteiger partial charge in [-0.3, -0.25) is 10.3 Å². The van der Waals surface area contributed by atoms with E-state index in [9.17, 15) is 0 Å². The Labute approximate surface area is 130 Å². The monoisotopic (exact) mass is 299 g/mol. The number of nitrogens with one attached hydrogen (secondary N) is 2. The van der Waals surface area contributed by atoms with Crippen LogP contribution in [0, 0.1) is 5.41 Å². The van der Waals surface area contributed by atoms with Crippen LogP contribution in [0.15, 0.2) is 35.7 Å². The normalized spacial score (nSPS) is 14.7. The van der Waals surface area contributed by atoms with E-state index in [1.54, 1.807) is 11.3 Å². The smallest absolute Gasteiger partial charge is 0.140 e. The molecule has 2 aromatic rings. The van der Waals surface area contributed by atoms with E-state index >= 15 is 0 Å². The number of nitrogens with zero attached hydrogens (tertiary/aromatic N) is 1. The van der Waals surface area contributed by atoms with Gasteiger partial charge in [0.2, 0.25) is 0 Å². The third-order valence-corrected chi connectivity index (χ3v) is 4.76. The first-order valence-electron chi connectivity index (χ1n) is 7.50. The Bertz CT molecular complexity index is 619. The van der Waals surface area contributed by atoms with Crippen LogP contribution in [-0.4, -0.2) is 23.8 Å². The van der Waals surface area contributed by atoms with Gasteiger partial charge < -0.3 is 5.32 Å². The minimum atomic E-state index is 0.478. The Morgan fingerprint density at radius 3 is 3.00 bits per heavy atom. The van der Waals surface area contributed by atoms with Gasteiger partial charge in [0.1, 0.15) is 5.84 Å². The zero-order valence-electron chi connectivity index (χ0n) is 12.4. The summed E-state index contributed by atoms with van der Waals surface area (Å²) in [6.07, 6.45) is 2.34. The molecule has 4 heteroatoms. The van der Waals surface area contributed by atoms with Crippen molar-refractivity contribution in [1.29, 1.82) is 5.41 Å². The van der Waals surface area contributed by atoms with Crippen molar-refractivity contribution in [3.05, 3.63) is 51.7 Å². The fraction of sp³-hybridized carbons (Fsp3) is 0.353. The summed E-state index contributed by atoms with van der Waals surface area (Å²) in [7, 11) is 0. The molecule has 0 saturated heterocycles. The maximum Gasteiger partial charge on any atom is 0.140 e. The first kappa shape index (κ1) is 14.3. The van der Waals surface area contributed by atoms with Crippen LogP contribution in [0.25, 0.3) is 0 Å². The van der Waals surface area contributed by atoms with E-state index in [0.29, 0.717) is 5.84 Å². The number of amidine groups is 1. The number of hydrogen-bond donors (Lipinski definition) is 2. The number of hydrogen-bond acceptors (Lipinski definition) is 3. The lowest BCUT2D eigenvalue weighted by Crippen LogP contribution is -2.31. The van der Waals surface area contributed by atoms with Gasteiger partial charge in [0.15, 0.2) is 0 Å². The van der Waals surface area contributed by atoms with Crippen LogP contribution in [0.5, 0.6) is 0 Å². The standard InChI is InChI=1S/C17H21N3S/c1-2-8-20-9-7-13-5-6-15(11-14(13)12-20)19-17(18)16-4-3-10-21-16/h3-6,10-11H,2,7-9,12H2,1H3,(H2,18,19). The number of rotatable bonds is 4. The lowest BCUT2D eigenvalue weighted by Gasteiger charge is -2.28. The molecule has 0 radical (unpaired) electrons. The van der Waals surface area contributed by atoms with Gasteiger partial charge in [-0.25, -0.2) is 0 Å². The molecule has 0 aliphatic carbocycles.